The monoisotopic (exact) mass is 271 g/mol. The molecule has 106 valence electrons. The minimum atomic E-state index is 0.443. The summed E-state index contributed by atoms with van der Waals surface area (Å²) in [5.74, 6) is 1.73. The third-order valence-electron chi connectivity index (χ3n) is 4.74. The van der Waals surface area contributed by atoms with Crippen molar-refractivity contribution in [3.63, 3.8) is 0 Å². The fourth-order valence-electron chi connectivity index (χ4n) is 3.26. The first-order chi connectivity index (χ1) is 9.72. The van der Waals surface area contributed by atoms with Gasteiger partial charge in [0.1, 0.15) is 5.76 Å². The van der Waals surface area contributed by atoms with Gasteiger partial charge in [-0.05, 0) is 38.8 Å². The maximum absolute atomic E-state index is 5.46. The molecule has 0 spiro atoms. The van der Waals surface area contributed by atoms with E-state index in [0.29, 0.717) is 12.0 Å². The Morgan fingerprint density at radius 3 is 2.95 bits per heavy atom. The highest BCUT2D eigenvalue weighted by Gasteiger charge is 2.29. The van der Waals surface area contributed by atoms with Crippen LogP contribution in [0.3, 0.4) is 0 Å². The van der Waals surface area contributed by atoms with Crippen LogP contribution >= 0.6 is 0 Å². The summed E-state index contributed by atoms with van der Waals surface area (Å²) in [5, 5.41) is 4.24. The normalized spacial score (nSPS) is 23.0. The van der Waals surface area contributed by atoms with E-state index < -0.39 is 0 Å². The third-order valence-corrected chi connectivity index (χ3v) is 4.74. The Morgan fingerprint density at radius 1 is 1.30 bits per heavy atom. The van der Waals surface area contributed by atoms with E-state index in [1.165, 1.54) is 24.2 Å². The van der Waals surface area contributed by atoms with E-state index in [4.69, 9.17) is 4.52 Å². The first-order valence-corrected chi connectivity index (χ1v) is 7.58. The van der Waals surface area contributed by atoms with Gasteiger partial charge in [0, 0.05) is 49.0 Å². The molecule has 0 radical (unpaired) electrons. The summed E-state index contributed by atoms with van der Waals surface area (Å²) in [7, 11) is 0. The number of nitrogens with zero attached hydrogens (tertiary/aromatic N) is 3. The van der Waals surface area contributed by atoms with Gasteiger partial charge in [-0.3, -0.25) is 4.90 Å². The highest BCUT2D eigenvalue weighted by atomic mass is 16.5. The van der Waals surface area contributed by atoms with Gasteiger partial charge in [0.2, 0.25) is 0 Å². The van der Waals surface area contributed by atoms with Crippen molar-refractivity contribution in [3.05, 3.63) is 41.0 Å². The summed E-state index contributed by atoms with van der Waals surface area (Å²) in [6.07, 6.45) is 2.53. The molecule has 1 aliphatic heterocycles. The number of fused-ring (bicyclic) bond motifs is 1. The third kappa shape index (κ3) is 1.99. The van der Waals surface area contributed by atoms with Crippen molar-refractivity contribution in [1.29, 1.82) is 0 Å². The molecular weight excluding hydrogens is 250 g/mol. The maximum atomic E-state index is 5.46. The largest absolute Gasteiger partial charge is 0.361 e. The summed E-state index contributed by atoms with van der Waals surface area (Å²) in [6, 6.07) is 7.07. The molecule has 3 heterocycles. The molecule has 1 aliphatic carbocycles. The highest BCUT2D eigenvalue weighted by Crippen LogP contribution is 2.40. The second-order valence-electron chi connectivity index (χ2n) is 6.19. The number of aryl methyl sites for hydroxylation is 1. The van der Waals surface area contributed by atoms with Crippen molar-refractivity contribution in [2.45, 2.75) is 51.7 Å². The van der Waals surface area contributed by atoms with Crippen LogP contribution in [0.15, 0.2) is 22.7 Å². The Balaban J connectivity index is 1.51. The van der Waals surface area contributed by atoms with E-state index in [1.54, 1.807) is 0 Å². The van der Waals surface area contributed by atoms with Gasteiger partial charge in [0.15, 0.2) is 0 Å². The molecule has 4 nitrogen and oxygen atoms in total. The van der Waals surface area contributed by atoms with Crippen LogP contribution in [0.5, 0.6) is 0 Å². The molecule has 20 heavy (non-hydrogen) atoms. The second-order valence-corrected chi connectivity index (χ2v) is 6.19. The molecule has 1 atom stereocenters. The molecule has 4 heteroatoms. The molecule has 4 rings (SSSR count). The van der Waals surface area contributed by atoms with Crippen LogP contribution in [-0.2, 0) is 13.1 Å². The average Bonchev–Trinajstić information content (AvgIpc) is 3.08. The van der Waals surface area contributed by atoms with E-state index in [9.17, 15) is 0 Å². The fraction of sp³-hybridized carbons (Fsp3) is 0.562. The Bertz CT molecular complexity index is 623. The van der Waals surface area contributed by atoms with Gasteiger partial charge in [0.25, 0.3) is 0 Å². The maximum Gasteiger partial charge on any atom is 0.140 e. The lowest BCUT2D eigenvalue weighted by Gasteiger charge is -2.34. The molecule has 2 aromatic heterocycles. The summed E-state index contributed by atoms with van der Waals surface area (Å²) >= 11 is 0. The van der Waals surface area contributed by atoms with Crippen molar-refractivity contribution in [2.24, 2.45) is 0 Å². The molecule has 2 aromatic rings. The molecule has 0 saturated heterocycles. The van der Waals surface area contributed by atoms with Crippen molar-refractivity contribution >= 4 is 0 Å². The first kappa shape index (κ1) is 12.2. The minimum absolute atomic E-state index is 0.443. The van der Waals surface area contributed by atoms with Gasteiger partial charge in [-0.25, -0.2) is 0 Å². The number of hydrogen-bond acceptors (Lipinski definition) is 3. The predicted molar refractivity (Wildman–Crippen MR) is 76.5 cm³/mol. The van der Waals surface area contributed by atoms with Gasteiger partial charge in [-0.2, -0.15) is 0 Å². The van der Waals surface area contributed by atoms with Crippen LogP contribution in [0.4, 0.5) is 0 Å². The highest BCUT2D eigenvalue weighted by molar-refractivity contribution is 5.21. The lowest BCUT2D eigenvalue weighted by atomic mass is 10.1. The topological polar surface area (TPSA) is 34.2 Å². The van der Waals surface area contributed by atoms with E-state index in [1.807, 2.05) is 0 Å². The summed E-state index contributed by atoms with van der Waals surface area (Å²) in [6.45, 7) is 7.51. The Hall–Kier alpha value is -1.55. The Kier molecular flexibility index (Phi) is 2.74. The number of aromatic nitrogens is 2. The summed E-state index contributed by atoms with van der Waals surface area (Å²) in [4.78, 5) is 2.49. The summed E-state index contributed by atoms with van der Waals surface area (Å²) < 4.78 is 7.89. The Morgan fingerprint density at radius 2 is 2.15 bits per heavy atom. The molecule has 2 aliphatic rings. The van der Waals surface area contributed by atoms with E-state index in [-0.39, 0.29) is 0 Å². The van der Waals surface area contributed by atoms with Crippen molar-refractivity contribution < 1.29 is 4.52 Å². The minimum Gasteiger partial charge on any atom is -0.361 e. The van der Waals surface area contributed by atoms with Crippen LogP contribution in [0, 0.1) is 6.92 Å². The molecule has 1 saturated carbocycles. The van der Waals surface area contributed by atoms with E-state index in [0.717, 1.165) is 31.1 Å². The van der Waals surface area contributed by atoms with Gasteiger partial charge < -0.3 is 9.09 Å². The van der Waals surface area contributed by atoms with Gasteiger partial charge in [-0.15, -0.1) is 0 Å². The van der Waals surface area contributed by atoms with Crippen LogP contribution in [0.1, 0.15) is 54.6 Å². The smallest absolute Gasteiger partial charge is 0.140 e. The van der Waals surface area contributed by atoms with Crippen molar-refractivity contribution in [1.82, 2.24) is 14.6 Å². The van der Waals surface area contributed by atoms with Crippen LogP contribution < -0.4 is 0 Å². The molecule has 1 fully saturated rings. The molecule has 0 amide bonds. The average molecular weight is 271 g/mol. The molecule has 0 unspecified atom stereocenters. The zero-order chi connectivity index (χ0) is 13.7. The molecule has 0 bridgehead atoms. The molecule has 0 N–H and O–H groups in total. The summed E-state index contributed by atoms with van der Waals surface area (Å²) in [5.41, 5.74) is 3.86. The quantitative estimate of drug-likeness (QED) is 0.859. The van der Waals surface area contributed by atoms with Crippen LogP contribution in [-0.4, -0.2) is 21.2 Å². The fourth-order valence-corrected chi connectivity index (χ4v) is 3.26. The van der Waals surface area contributed by atoms with Crippen molar-refractivity contribution in [3.8, 4) is 0 Å². The van der Waals surface area contributed by atoms with Gasteiger partial charge >= 0.3 is 0 Å². The first-order valence-electron chi connectivity index (χ1n) is 7.58. The molecular formula is C16H21N3O. The second kappa shape index (κ2) is 4.48. The standard InChI is InChI=1S/C16H21N3O/c1-11-3-6-15-12(2)18(7-8-19(11)15)10-14-9-16(20-17-14)13-4-5-13/h3,6,9,12-13H,4-5,7-8,10H2,1-2H3/t12-/m0/s1. The van der Waals surface area contributed by atoms with Gasteiger partial charge in [-0.1, -0.05) is 5.16 Å². The SMILES string of the molecule is Cc1ccc2n1CCN(Cc1cc(C3CC3)on1)[C@H]2C. The predicted octanol–water partition coefficient (Wildman–Crippen LogP) is 3.24. The zero-order valence-corrected chi connectivity index (χ0v) is 12.2. The van der Waals surface area contributed by atoms with Crippen molar-refractivity contribution in [2.75, 3.05) is 6.54 Å². The lowest BCUT2D eigenvalue weighted by Crippen LogP contribution is -2.36. The number of hydrogen-bond donors (Lipinski definition) is 0. The number of rotatable bonds is 3. The van der Waals surface area contributed by atoms with E-state index >= 15 is 0 Å². The Labute approximate surface area is 119 Å². The van der Waals surface area contributed by atoms with Crippen LogP contribution in [0.2, 0.25) is 0 Å². The molecule has 0 aromatic carbocycles. The van der Waals surface area contributed by atoms with E-state index in [2.05, 4.69) is 46.7 Å². The van der Waals surface area contributed by atoms with Crippen LogP contribution in [0.25, 0.3) is 0 Å². The lowest BCUT2D eigenvalue weighted by molar-refractivity contribution is 0.155. The van der Waals surface area contributed by atoms with Gasteiger partial charge in [0.05, 0.1) is 5.69 Å². The zero-order valence-electron chi connectivity index (χ0n) is 12.2.